The Bertz CT molecular complexity index is 539. The van der Waals surface area contributed by atoms with Crippen LogP contribution in [0.4, 0.5) is 5.69 Å². The lowest BCUT2D eigenvalue weighted by atomic mass is 10.1. The summed E-state index contributed by atoms with van der Waals surface area (Å²) in [6.45, 7) is 4.42. The molecule has 1 amide bonds. The number of likely N-dealkylation sites (tertiary alicyclic amines) is 1. The molecule has 0 aliphatic carbocycles. The standard InChI is InChI=1S/C16H21N3O2/c1-12(19-8-7-13(10-19)11-21-2)16(20)18-15-6-4-3-5-14(15)9-17/h3-6,12-13H,7-8,10-11H2,1-2H3,(H,18,20). The Kier molecular flexibility index (Phi) is 5.32. The van der Waals surface area contributed by atoms with Crippen LogP contribution in [0.25, 0.3) is 0 Å². The van der Waals surface area contributed by atoms with Crippen LogP contribution < -0.4 is 5.32 Å². The zero-order valence-electron chi connectivity index (χ0n) is 12.5. The Morgan fingerprint density at radius 3 is 3.05 bits per heavy atom. The van der Waals surface area contributed by atoms with Crippen LogP contribution >= 0.6 is 0 Å². The van der Waals surface area contributed by atoms with E-state index in [1.807, 2.05) is 13.0 Å². The fourth-order valence-electron chi connectivity index (χ4n) is 2.68. The number of nitrogens with one attached hydrogen (secondary N) is 1. The highest BCUT2D eigenvalue weighted by Gasteiger charge is 2.29. The highest BCUT2D eigenvalue weighted by molar-refractivity contribution is 5.95. The smallest absolute Gasteiger partial charge is 0.241 e. The van der Waals surface area contributed by atoms with Crippen molar-refractivity contribution in [3.8, 4) is 6.07 Å². The number of ether oxygens (including phenoxy) is 1. The molecular weight excluding hydrogens is 266 g/mol. The molecule has 0 saturated carbocycles. The summed E-state index contributed by atoms with van der Waals surface area (Å²) in [6.07, 6.45) is 1.06. The van der Waals surface area contributed by atoms with Crippen molar-refractivity contribution >= 4 is 11.6 Å². The Morgan fingerprint density at radius 1 is 1.57 bits per heavy atom. The number of methoxy groups -OCH3 is 1. The van der Waals surface area contributed by atoms with Gasteiger partial charge in [-0.15, -0.1) is 0 Å². The number of rotatable bonds is 5. The van der Waals surface area contributed by atoms with E-state index < -0.39 is 0 Å². The van der Waals surface area contributed by atoms with Crippen LogP contribution in [-0.2, 0) is 9.53 Å². The van der Waals surface area contributed by atoms with Crippen LogP contribution in [0.1, 0.15) is 18.9 Å². The van der Waals surface area contributed by atoms with Gasteiger partial charge in [0.1, 0.15) is 6.07 Å². The van der Waals surface area contributed by atoms with Crippen molar-refractivity contribution in [3.63, 3.8) is 0 Å². The predicted molar refractivity (Wildman–Crippen MR) is 80.8 cm³/mol. The van der Waals surface area contributed by atoms with Crippen molar-refractivity contribution in [2.24, 2.45) is 5.92 Å². The average molecular weight is 287 g/mol. The summed E-state index contributed by atoms with van der Waals surface area (Å²) in [4.78, 5) is 14.5. The maximum Gasteiger partial charge on any atom is 0.241 e. The topological polar surface area (TPSA) is 65.4 Å². The van der Waals surface area contributed by atoms with Gasteiger partial charge in [0.15, 0.2) is 0 Å². The highest BCUT2D eigenvalue weighted by atomic mass is 16.5. The molecule has 0 bridgehead atoms. The minimum absolute atomic E-state index is 0.0734. The predicted octanol–water partition coefficient (Wildman–Crippen LogP) is 1.85. The number of hydrogen-bond acceptors (Lipinski definition) is 4. The molecule has 1 aromatic carbocycles. The molecule has 1 aliphatic rings. The maximum absolute atomic E-state index is 12.3. The molecule has 1 saturated heterocycles. The van der Waals surface area contributed by atoms with E-state index in [9.17, 15) is 4.79 Å². The van der Waals surface area contributed by atoms with Gasteiger partial charge >= 0.3 is 0 Å². The second-order valence-corrected chi connectivity index (χ2v) is 5.43. The molecule has 112 valence electrons. The minimum atomic E-state index is -0.210. The van der Waals surface area contributed by atoms with Gasteiger partial charge in [-0.1, -0.05) is 12.1 Å². The third-order valence-electron chi connectivity index (χ3n) is 3.95. The lowest BCUT2D eigenvalue weighted by Gasteiger charge is -2.23. The first-order valence-electron chi connectivity index (χ1n) is 7.18. The molecule has 5 nitrogen and oxygen atoms in total. The summed E-state index contributed by atoms with van der Waals surface area (Å²) in [5.41, 5.74) is 1.06. The first kappa shape index (κ1) is 15.5. The second-order valence-electron chi connectivity index (χ2n) is 5.43. The summed E-state index contributed by atoms with van der Waals surface area (Å²) in [5.74, 6) is 0.424. The van der Waals surface area contributed by atoms with E-state index in [1.165, 1.54) is 0 Å². The van der Waals surface area contributed by atoms with Crippen molar-refractivity contribution in [1.29, 1.82) is 5.26 Å². The van der Waals surface area contributed by atoms with E-state index in [1.54, 1.807) is 25.3 Å². The van der Waals surface area contributed by atoms with Crippen LogP contribution in [0.2, 0.25) is 0 Å². The van der Waals surface area contributed by atoms with Gasteiger partial charge in [0.2, 0.25) is 5.91 Å². The second kappa shape index (κ2) is 7.21. The zero-order valence-corrected chi connectivity index (χ0v) is 12.5. The van der Waals surface area contributed by atoms with Gasteiger partial charge in [0, 0.05) is 13.7 Å². The Morgan fingerprint density at radius 2 is 2.33 bits per heavy atom. The van der Waals surface area contributed by atoms with Gasteiger partial charge < -0.3 is 10.1 Å². The lowest BCUT2D eigenvalue weighted by Crippen LogP contribution is -2.41. The summed E-state index contributed by atoms with van der Waals surface area (Å²) in [7, 11) is 1.71. The van der Waals surface area contributed by atoms with E-state index in [-0.39, 0.29) is 11.9 Å². The Labute approximate surface area is 125 Å². The van der Waals surface area contributed by atoms with E-state index in [0.717, 1.165) is 26.1 Å². The molecule has 0 radical (unpaired) electrons. The molecule has 1 fully saturated rings. The van der Waals surface area contributed by atoms with Crippen LogP contribution in [0.15, 0.2) is 24.3 Å². The van der Waals surface area contributed by atoms with Crippen molar-refractivity contribution in [2.45, 2.75) is 19.4 Å². The molecule has 2 atom stereocenters. The van der Waals surface area contributed by atoms with Gasteiger partial charge in [-0.3, -0.25) is 9.69 Å². The fraction of sp³-hybridized carbons (Fsp3) is 0.500. The van der Waals surface area contributed by atoms with Crippen LogP contribution in [0.3, 0.4) is 0 Å². The van der Waals surface area contributed by atoms with E-state index in [2.05, 4.69) is 16.3 Å². The summed E-state index contributed by atoms with van der Waals surface area (Å²) in [6, 6.07) is 8.93. The van der Waals surface area contributed by atoms with Gasteiger partial charge in [0.05, 0.1) is 23.9 Å². The van der Waals surface area contributed by atoms with E-state index in [0.29, 0.717) is 17.2 Å². The van der Waals surface area contributed by atoms with Crippen LogP contribution in [0, 0.1) is 17.2 Å². The quantitative estimate of drug-likeness (QED) is 0.897. The maximum atomic E-state index is 12.3. The average Bonchev–Trinajstić information content (AvgIpc) is 2.96. The SMILES string of the molecule is COCC1CCN(C(C)C(=O)Nc2ccccc2C#N)C1. The summed E-state index contributed by atoms with van der Waals surface area (Å²) >= 11 is 0. The third kappa shape index (κ3) is 3.81. The molecule has 1 aliphatic heterocycles. The van der Waals surface area contributed by atoms with Crippen molar-refractivity contribution < 1.29 is 9.53 Å². The number of nitrogens with zero attached hydrogens (tertiary/aromatic N) is 2. The molecule has 1 heterocycles. The number of anilines is 1. The summed E-state index contributed by atoms with van der Waals surface area (Å²) < 4.78 is 5.18. The first-order valence-corrected chi connectivity index (χ1v) is 7.18. The third-order valence-corrected chi connectivity index (χ3v) is 3.95. The molecule has 0 aromatic heterocycles. The van der Waals surface area contributed by atoms with Crippen LogP contribution in [0.5, 0.6) is 0 Å². The number of carbonyl (C=O) groups is 1. The lowest BCUT2D eigenvalue weighted by molar-refractivity contribution is -0.120. The number of nitriles is 1. The largest absolute Gasteiger partial charge is 0.384 e. The van der Waals surface area contributed by atoms with E-state index in [4.69, 9.17) is 10.00 Å². The number of carbonyl (C=O) groups excluding carboxylic acids is 1. The Balaban J connectivity index is 1.96. The van der Waals surface area contributed by atoms with E-state index >= 15 is 0 Å². The Hall–Kier alpha value is -1.90. The normalized spacial score (nSPS) is 20.0. The van der Waals surface area contributed by atoms with Gasteiger partial charge in [-0.2, -0.15) is 5.26 Å². The summed E-state index contributed by atoms with van der Waals surface area (Å²) in [5, 5.41) is 11.9. The highest BCUT2D eigenvalue weighted by Crippen LogP contribution is 2.20. The van der Waals surface area contributed by atoms with Crippen molar-refractivity contribution in [1.82, 2.24) is 4.90 Å². The number of benzene rings is 1. The molecule has 21 heavy (non-hydrogen) atoms. The van der Waals surface area contributed by atoms with Crippen molar-refractivity contribution in [3.05, 3.63) is 29.8 Å². The van der Waals surface area contributed by atoms with Gasteiger partial charge in [0.25, 0.3) is 0 Å². The van der Waals surface area contributed by atoms with Crippen LogP contribution in [-0.4, -0.2) is 43.7 Å². The molecule has 2 unspecified atom stereocenters. The zero-order chi connectivity index (χ0) is 15.2. The minimum Gasteiger partial charge on any atom is -0.384 e. The molecule has 1 N–H and O–H groups in total. The number of amides is 1. The van der Waals surface area contributed by atoms with Crippen molar-refractivity contribution in [2.75, 3.05) is 32.1 Å². The number of hydrogen-bond donors (Lipinski definition) is 1. The molecule has 2 rings (SSSR count). The molecule has 5 heteroatoms. The van der Waals surface area contributed by atoms with Gasteiger partial charge in [-0.25, -0.2) is 0 Å². The first-order chi connectivity index (χ1) is 10.2. The molecule has 0 spiro atoms. The monoisotopic (exact) mass is 287 g/mol. The molecule has 1 aromatic rings. The number of para-hydroxylation sites is 1. The molecular formula is C16H21N3O2. The van der Waals surface area contributed by atoms with Gasteiger partial charge in [-0.05, 0) is 37.9 Å². The fourth-order valence-corrected chi connectivity index (χ4v) is 2.68.